The van der Waals surface area contributed by atoms with Crippen LogP contribution in [0.3, 0.4) is 0 Å². The highest BCUT2D eigenvalue weighted by Crippen LogP contribution is 2.21. The first-order valence-electron chi connectivity index (χ1n) is 6.60. The molecule has 0 fully saturated rings. The lowest BCUT2D eigenvalue weighted by atomic mass is 10.0. The first kappa shape index (κ1) is 16.4. The summed E-state index contributed by atoms with van der Waals surface area (Å²) in [4.78, 5) is 14.6. The molecule has 1 aromatic carbocycles. The van der Waals surface area contributed by atoms with Crippen LogP contribution in [-0.2, 0) is 13.0 Å². The number of nitrogens with one attached hydrogen (secondary N) is 1. The summed E-state index contributed by atoms with van der Waals surface area (Å²) in [6, 6.07) is 5.63. The fourth-order valence-corrected chi connectivity index (χ4v) is 2.22. The summed E-state index contributed by atoms with van der Waals surface area (Å²) < 4.78 is 2.05. The van der Waals surface area contributed by atoms with E-state index in [1.165, 1.54) is 0 Å². The number of carboxylic acid groups (broad SMARTS) is 1. The second-order valence-electron chi connectivity index (χ2n) is 4.54. The number of aromatic amines is 1. The maximum atomic E-state index is 11.4. The number of rotatable bonds is 5. The van der Waals surface area contributed by atoms with E-state index in [0.29, 0.717) is 5.56 Å². The van der Waals surface area contributed by atoms with Crippen molar-refractivity contribution in [1.29, 1.82) is 0 Å². The Balaban J connectivity index is 0.00000200. The number of H-pyrrole nitrogens is 1. The summed E-state index contributed by atoms with van der Waals surface area (Å²) in [7, 11) is 0. The van der Waals surface area contributed by atoms with Gasteiger partial charge >= 0.3 is 5.97 Å². The van der Waals surface area contributed by atoms with Gasteiger partial charge in [-0.25, -0.2) is 14.3 Å². The van der Waals surface area contributed by atoms with Crippen molar-refractivity contribution in [2.75, 3.05) is 0 Å². The van der Waals surface area contributed by atoms with E-state index in [4.69, 9.17) is 0 Å². The van der Waals surface area contributed by atoms with Crippen molar-refractivity contribution < 1.29 is 31.4 Å². The van der Waals surface area contributed by atoms with Gasteiger partial charge < -0.3 is 22.1 Å². The minimum Gasteiger partial charge on any atom is -1.00 e. The average molecular weight is 339 g/mol. The van der Waals surface area contributed by atoms with E-state index < -0.39 is 5.97 Å². The first-order chi connectivity index (χ1) is 9.17. The molecule has 0 saturated heterocycles. The summed E-state index contributed by atoms with van der Waals surface area (Å²) in [5.41, 5.74) is 2.13. The number of benzene rings is 1. The van der Waals surface area contributed by atoms with Crippen molar-refractivity contribution in [3.63, 3.8) is 0 Å². The van der Waals surface area contributed by atoms with Crippen LogP contribution in [0, 0.1) is 0 Å². The SMILES string of the molecule is CCC[n+]1cc[nH]c1-c1ccc(CC)cc1C(=O)O.[Br-]. The van der Waals surface area contributed by atoms with Gasteiger partial charge in [-0.15, -0.1) is 0 Å². The molecule has 0 aliphatic heterocycles. The zero-order chi connectivity index (χ0) is 13.8. The molecule has 1 aromatic heterocycles. The number of nitrogens with zero attached hydrogens (tertiary/aromatic N) is 1. The lowest BCUT2D eigenvalue weighted by molar-refractivity contribution is -0.684. The van der Waals surface area contributed by atoms with Crippen LogP contribution in [0.4, 0.5) is 0 Å². The van der Waals surface area contributed by atoms with E-state index >= 15 is 0 Å². The number of carbonyl (C=O) groups is 1. The second-order valence-corrected chi connectivity index (χ2v) is 4.54. The zero-order valence-corrected chi connectivity index (χ0v) is 13.3. The molecule has 0 radical (unpaired) electrons. The molecule has 2 N–H and O–H groups in total. The van der Waals surface area contributed by atoms with E-state index in [2.05, 4.69) is 11.9 Å². The van der Waals surface area contributed by atoms with Crippen molar-refractivity contribution in [3.8, 4) is 11.4 Å². The van der Waals surface area contributed by atoms with Crippen LogP contribution in [0.1, 0.15) is 36.2 Å². The van der Waals surface area contributed by atoms with Crippen LogP contribution in [0.15, 0.2) is 30.6 Å². The van der Waals surface area contributed by atoms with Crippen molar-refractivity contribution in [2.24, 2.45) is 0 Å². The molecule has 1 heterocycles. The highest BCUT2D eigenvalue weighted by Gasteiger charge is 2.20. The normalized spacial score (nSPS) is 10.1. The number of carboxylic acids is 1. The number of imidazole rings is 1. The Hall–Kier alpha value is -1.62. The van der Waals surface area contributed by atoms with Crippen LogP contribution in [0.2, 0.25) is 0 Å². The molecule has 2 rings (SSSR count). The van der Waals surface area contributed by atoms with Crippen molar-refractivity contribution >= 4 is 5.97 Å². The minimum absolute atomic E-state index is 0. The predicted octanol–water partition coefficient (Wildman–Crippen LogP) is -0.356. The molecule has 0 spiro atoms. The lowest BCUT2D eigenvalue weighted by Gasteiger charge is -2.06. The monoisotopic (exact) mass is 338 g/mol. The molecule has 0 bridgehead atoms. The van der Waals surface area contributed by atoms with Gasteiger partial charge in [0.15, 0.2) is 0 Å². The van der Waals surface area contributed by atoms with E-state index in [1.807, 2.05) is 36.0 Å². The molecule has 0 atom stereocenters. The third-order valence-electron chi connectivity index (χ3n) is 3.20. The number of aromatic nitrogens is 2. The molecule has 0 aliphatic carbocycles. The Bertz CT molecular complexity index is 593. The molecule has 108 valence electrons. The van der Waals surface area contributed by atoms with Gasteiger partial charge in [0.2, 0.25) is 0 Å². The van der Waals surface area contributed by atoms with Crippen molar-refractivity contribution in [3.05, 3.63) is 41.7 Å². The smallest absolute Gasteiger partial charge is 0.336 e. The van der Waals surface area contributed by atoms with Crippen molar-refractivity contribution in [1.82, 2.24) is 4.98 Å². The molecule has 0 amide bonds. The molecular weight excluding hydrogens is 320 g/mol. The largest absolute Gasteiger partial charge is 1.00 e. The topological polar surface area (TPSA) is 57.0 Å². The predicted molar refractivity (Wildman–Crippen MR) is 73.1 cm³/mol. The minimum atomic E-state index is -0.886. The first-order valence-corrected chi connectivity index (χ1v) is 6.60. The lowest BCUT2D eigenvalue weighted by Crippen LogP contribution is -3.00. The molecule has 0 aliphatic rings. The molecular formula is C15H19BrN2O2. The Labute approximate surface area is 129 Å². The number of hydrogen-bond donors (Lipinski definition) is 2. The fraction of sp³-hybridized carbons (Fsp3) is 0.333. The van der Waals surface area contributed by atoms with Crippen LogP contribution >= 0.6 is 0 Å². The summed E-state index contributed by atoms with van der Waals surface area (Å²) >= 11 is 0. The standard InChI is InChI=1S/C15H18N2O2.BrH/c1-3-8-17-9-7-16-14(17)12-6-5-11(4-2)10-13(12)15(18)19;/h5-7,9-10H,3-4,8H2,1-2H3,(H,18,19);1H. The maximum absolute atomic E-state index is 11.4. The van der Waals surface area contributed by atoms with Crippen LogP contribution in [-0.4, -0.2) is 16.1 Å². The van der Waals surface area contributed by atoms with E-state index in [1.54, 1.807) is 6.07 Å². The number of hydrogen-bond acceptors (Lipinski definition) is 1. The van der Waals surface area contributed by atoms with E-state index in [0.717, 1.165) is 36.3 Å². The third-order valence-corrected chi connectivity index (χ3v) is 3.20. The van der Waals surface area contributed by atoms with Crippen LogP contribution in [0.5, 0.6) is 0 Å². The molecule has 5 heteroatoms. The van der Waals surface area contributed by atoms with Gasteiger partial charge in [-0.1, -0.05) is 19.9 Å². The van der Waals surface area contributed by atoms with Gasteiger partial charge in [0.25, 0.3) is 5.82 Å². The summed E-state index contributed by atoms with van der Waals surface area (Å²) in [6.45, 7) is 4.99. The summed E-state index contributed by atoms with van der Waals surface area (Å²) in [6.07, 6.45) is 5.62. The highest BCUT2D eigenvalue weighted by molar-refractivity contribution is 5.94. The Kier molecular flexibility index (Phi) is 5.95. The second kappa shape index (κ2) is 7.24. The summed E-state index contributed by atoms with van der Waals surface area (Å²) in [5, 5.41) is 9.38. The molecule has 20 heavy (non-hydrogen) atoms. The average Bonchev–Trinajstić information content (AvgIpc) is 2.86. The van der Waals surface area contributed by atoms with Gasteiger partial charge in [0.05, 0.1) is 17.7 Å². The number of aromatic carboxylic acids is 1. The Morgan fingerprint density at radius 1 is 1.35 bits per heavy atom. The Morgan fingerprint density at radius 3 is 2.70 bits per heavy atom. The van der Waals surface area contributed by atoms with Crippen LogP contribution < -0.4 is 21.5 Å². The van der Waals surface area contributed by atoms with Gasteiger partial charge in [0.1, 0.15) is 12.4 Å². The molecule has 0 unspecified atom stereocenters. The van der Waals surface area contributed by atoms with Gasteiger partial charge in [-0.05, 0) is 30.5 Å². The van der Waals surface area contributed by atoms with Crippen LogP contribution in [0.25, 0.3) is 11.4 Å². The fourth-order valence-electron chi connectivity index (χ4n) is 2.22. The van der Waals surface area contributed by atoms with Gasteiger partial charge in [0, 0.05) is 0 Å². The van der Waals surface area contributed by atoms with E-state index in [9.17, 15) is 9.90 Å². The van der Waals surface area contributed by atoms with Gasteiger partial charge in [-0.2, -0.15) is 0 Å². The Morgan fingerprint density at radius 2 is 2.10 bits per heavy atom. The number of aryl methyl sites for hydroxylation is 2. The molecule has 0 saturated carbocycles. The van der Waals surface area contributed by atoms with Crippen molar-refractivity contribution in [2.45, 2.75) is 33.2 Å². The van der Waals surface area contributed by atoms with Gasteiger partial charge in [-0.3, -0.25) is 0 Å². The summed E-state index contributed by atoms with van der Waals surface area (Å²) in [5.74, 6) is -0.0372. The number of halogens is 1. The zero-order valence-electron chi connectivity index (χ0n) is 11.7. The van der Waals surface area contributed by atoms with E-state index in [-0.39, 0.29) is 17.0 Å². The molecule has 2 aromatic rings. The quantitative estimate of drug-likeness (QED) is 0.732. The maximum Gasteiger partial charge on any atom is 0.336 e. The third kappa shape index (κ3) is 3.28. The molecule has 4 nitrogen and oxygen atoms in total. The highest BCUT2D eigenvalue weighted by atomic mass is 79.9.